The van der Waals surface area contributed by atoms with E-state index in [9.17, 15) is 8.78 Å². The van der Waals surface area contributed by atoms with Crippen molar-refractivity contribution in [3.05, 3.63) is 29.8 Å². The summed E-state index contributed by atoms with van der Waals surface area (Å²) in [5.74, 6) is 0.277. The molecule has 1 aliphatic heterocycles. The highest BCUT2D eigenvalue weighted by molar-refractivity contribution is 5.85. The van der Waals surface area contributed by atoms with Gasteiger partial charge in [-0.15, -0.1) is 12.4 Å². The van der Waals surface area contributed by atoms with Crippen LogP contribution < -0.4 is 10.5 Å². The number of halogens is 3. The summed E-state index contributed by atoms with van der Waals surface area (Å²) in [6.07, 6.45) is 4.46. The maximum atomic E-state index is 12.4. The quantitative estimate of drug-likeness (QED) is 0.873. The van der Waals surface area contributed by atoms with Crippen LogP contribution in [-0.2, 0) is 6.54 Å². The first-order valence-corrected chi connectivity index (χ1v) is 7.17. The molecule has 2 N–H and O–H groups in total. The predicted molar refractivity (Wildman–Crippen MR) is 82.0 cm³/mol. The summed E-state index contributed by atoms with van der Waals surface area (Å²) in [5, 5.41) is 0. The number of piperidine rings is 1. The van der Waals surface area contributed by atoms with Crippen LogP contribution in [0.4, 0.5) is 8.78 Å². The molecule has 1 aromatic carbocycles. The molecule has 0 saturated carbocycles. The van der Waals surface area contributed by atoms with E-state index in [0.29, 0.717) is 19.1 Å². The standard InChI is InChI=1S/C15H22F2N2O.ClH/c16-15(17)20-14-7-2-1-5-12(14)11-19-10-4-3-6-13(19)8-9-18;/h1-2,5,7,13,15H,3-4,6,8-11,18H2;1H. The van der Waals surface area contributed by atoms with Gasteiger partial charge in [-0.25, -0.2) is 0 Å². The van der Waals surface area contributed by atoms with Crippen molar-refractivity contribution in [3.63, 3.8) is 0 Å². The molecule has 0 aromatic heterocycles. The van der Waals surface area contributed by atoms with Crippen molar-refractivity contribution in [1.82, 2.24) is 4.90 Å². The molecule has 1 heterocycles. The van der Waals surface area contributed by atoms with Gasteiger partial charge in [-0.1, -0.05) is 24.6 Å². The second kappa shape index (κ2) is 9.18. The lowest BCUT2D eigenvalue weighted by Gasteiger charge is -2.36. The molecule has 0 radical (unpaired) electrons. The van der Waals surface area contributed by atoms with E-state index in [2.05, 4.69) is 9.64 Å². The number of ether oxygens (including phenoxy) is 1. The molecule has 21 heavy (non-hydrogen) atoms. The van der Waals surface area contributed by atoms with E-state index in [1.54, 1.807) is 12.1 Å². The molecule has 0 aliphatic carbocycles. The molecule has 1 aromatic rings. The fourth-order valence-electron chi connectivity index (χ4n) is 2.85. The summed E-state index contributed by atoms with van der Waals surface area (Å²) < 4.78 is 29.4. The Morgan fingerprint density at radius 1 is 1.29 bits per heavy atom. The number of nitrogens with two attached hydrogens (primary N) is 1. The zero-order valence-corrected chi connectivity index (χ0v) is 12.8. The molecule has 0 bridgehead atoms. The summed E-state index contributed by atoms with van der Waals surface area (Å²) >= 11 is 0. The number of rotatable bonds is 6. The molecule has 3 nitrogen and oxygen atoms in total. The van der Waals surface area contributed by atoms with Crippen molar-refractivity contribution in [3.8, 4) is 5.75 Å². The maximum Gasteiger partial charge on any atom is 0.387 e. The van der Waals surface area contributed by atoms with Crippen molar-refractivity contribution in [2.45, 2.75) is 44.9 Å². The minimum Gasteiger partial charge on any atom is -0.434 e. The average Bonchev–Trinajstić information content (AvgIpc) is 2.43. The normalized spacial score (nSPS) is 19.3. The van der Waals surface area contributed by atoms with Crippen LogP contribution >= 0.6 is 12.4 Å². The Morgan fingerprint density at radius 3 is 2.76 bits per heavy atom. The highest BCUT2D eigenvalue weighted by Gasteiger charge is 2.23. The summed E-state index contributed by atoms with van der Waals surface area (Å²) in [6.45, 7) is -0.477. The second-order valence-corrected chi connectivity index (χ2v) is 5.18. The van der Waals surface area contributed by atoms with Gasteiger partial charge in [0, 0.05) is 18.2 Å². The molecule has 1 saturated heterocycles. The Kier molecular flexibility index (Phi) is 7.93. The molecule has 120 valence electrons. The molecule has 0 amide bonds. The number of para-hydroxylation sites is 1. The van der Waals surface area contributed by atoms with Gasteiger partial charge in [0.2, 0.25) is 0 Å². The Balaban J connectivity index is 0.00000220. The van der Waals surface area contributed by atoms with E-state index in [0.717, 1.165) is 31.4 Å². The minimum absolute atomic E-state index is 0. The molecule has 6 heteroatoms. The number of likely N-dealkylation sites (tertiary alicyclic amines) is 1. The molecular weight excluding hydrogens is 298 g/mol. The summed E-state index contributed by atoms with van der Waals surface area (Å²) in [4.78, 5) is 2.34. The molecule has 0 spiro atoms. The second-order valence-electron chi connectivity index (χ2n) is 5.18. The van der Waals surface area contributed by atoms with Gasteiger partial charge in [0.25, 0.3) is 0 Å². The van der Waals surface area contributed by atoms with Crippen molar-refractivity contribution in [2.24, 2.45) is 5.73 Å². The maximum absolute atomic E-state index is 12.4. The van der Waals surface area contributed by atoms with Gasteiger partial charge in [0.05, 0.1) is 0 Å². The van der Waals surface area contributed by atoms with Gasteiger partial charge in [-0.05, 0) is 38.4 Å². The average molecular weight is 321 g/mol. The SMILES string of the molecule is Cl.NCCC1CCCCN1Cc1ccccc1OC(F)F. The highest BCUT2D eigenvalue weighted by atomic mass is 35.5. The fraction of sp³-hybridized carbons (Fsp3) is 0.600. The Labute approximate surface area is 130 Å². The number of benzene rings is 1. The van der Waals surface area contributed by atoms with Crippen LogP contribution in [-0.4, -0.2) is 30.6 Å². The number of hydrogen-bond acceptors (Lipinski definition) is 3. The van der Waals surface area contributed by atoms with Crippen molar-refractivity contribution >= 4 is 12.4 Å². The first-order valence-electron chi connectivity index (χ1n) is 7.17. The van der Waals surface area contributed by atoms with Crippen LogP contribution in [0.3, 0.4) is 0 Å². The Hall–Kier alpha value is -0.910. The van der Waals surface area contributed by atoms with E-state index >= 15 is 0 Å². The number of alkyl halides is 2. The van der Waals surface area contributed by atoms with Crippen molar-refractivity contribution < 1.29 is 13.5 Å². The molecule has 1 fully saturated rings. The van der Waals surface area contributed by atoms with E-state index in [1.807, 2.05) is 12.1 Å². The van der Waals surface area contributed by atoms with Crippen LogP contribution in [0.15, 0.2) is 24.3 Å². The van der Waals surface area contributed by atoms with Crippen LogP contribution in [0.25, 0.3) is 0 Å². The third kappa shape index (κ3) is 5.41. The smallest absolute Gasteiger partial charge is 0.387 e. The summed E-state index contributed by atoms with van der Waals surface area (Å²) in [5.41, 5.74) is 6.48. The summed E-state index contributed by atoms with van der Waals surface area (Å²) in [6, 6.07) is 7.48. The zero-order valence-electron chi connectivity index (χ0n) is 12.0. The first kappa shape index (κ1) is 18.1. The van der Waals surface area contributed by atoms with E-state index < -0.39 is 6.61 Å². The van der Waals surface area contributed by atoms with Crippen LogP contribution in [0.2, 0.25) is 0 Å². The lowest BCUT2D eigenvalue weighted by molar-refractivity contribution is -0.0509. The fourth-order valence-corrected chi connectivity index (χ4v) is 2.85. The predicted octanol–water partition coefficient (Wildman–Crippen LogP) is 3.41. The molecular formula is C15H23ClF2N2O. The van der Waals surface area contributed by atoms with Gasteiger partial charge in [0.15, 0.2) is 0 Å². The zero-order chi connectivity index (χ0) is 14.4. The van der Waals surface area contributed by atoms with E-state index in [4.69, 9.17) is 5.73 Å². The number of hydrogen-bond donors (Lipinski definition) is 1. The minimum atomic E-state index is -2.78. The van der Waals surface area contributed by atoms with Crippen molar-refractivity contribution in [1.29, 1.82) is 0 Å². The molecule has 2 rings (SSSR count). The lowest BCUT2D eigenvalue weighted by Crippen LogP contribution is -2.40. The van der Waals surface area contributed by atoms with E-state index in [1.165, 1.54) is 6.42 Å². The monoisotopic (exact) mass is 320 g/mol. The van der Waals surface area contributed by atoms with Gasteiger partial charge >= 0.3 is 6.61 Å². The van der Waals surface area contributed by atoms with Gasteiger partial charge in [0.1, 0.15) is 5.75 Å². The topological polar surface area (TPSA) is 38.5 Å². The summed E-state index contributed by atoms with van der Waals surface area (Å²) in [7, 11) is 0. The Bertz CT molecular complexity index is 418. The van der Waals surface area contributed by atoms with Crippen LogP contribution in [0.5, 0.6) is 5.75 Å². The highest BCUT2D eigenvalue weighted by Crippen LogP contribution is 2.26. The van der Waals surface area contributed by atoms with Gasteiger partial charge < -0.3 is 10.5 Å². The first-order chi connectivity index (χ1) is 9.70. The lowest BCUT2D eigenvalue weighted by atomic mass is 9.98. The molecule has 1 unspecified atom stereocenters. The third-order valence-electron chi connectivity index (χ3n) is 3.81. The molecule has 1 aliphatic rings. The van der Waals surface area contributed by atoms with E-state index in [-0.39, 0.29) is 18.2 Å². The third-order valence-corrected chi connectivity index (χ3v) is 3.81. The van der Waals surface area contributed by atoms with Gasteiger partial charge in [-0.2, -0.15) is 8.78 Å². The largest absolute Gasteiger partial charge is 0.434 e. The van der Waals surface area contributed by atoms with Crippen LogP contribution in [0, 0.1) is 0 Å². The van der Waals surface area contributed by atoms with Gasteiger partial charge in [-0.3, -0.25) is 4.90 Å². The Morgan fingerprint density at radius 2 is 2.05 bits per heavy atom. The van der Waals surface area contributed by atoms with Crippen molar-refractivity contribution in [2.75, 3.05) is 13.1 Å². The van der Waals surface area contributed by atoms with Crippen LogP contribution in [0.1, 0.15) is 31.2 Å². The number of nitrogens with zero attached hydrogens (tertiary/aromatic N) is 1. The molecule has 1 atom stereocenters.